The Labute approximate surface area is 165 Å². The lowest BCUT2D eigenvalue weighted by Crippen LogP contribution is -2.30. The molecule has 28 heavy (non-hydrogen) atoms. The summed E-state index contributed by atoms with van der Waals surface area (Å²) in [5.41, 5.74) is 1.58. The average Bonchev–Trinajstić information content (AvgIpc) is 2.68. The number of para-hydroxylation sites is 2. The highest BCUT2D eigenvalue weighted by molar-refractivity contribution is 5.90. The van der Waals surface area contributed by atoms with Crippen LogP contribution in [0.4, 0.5) is 10.5 Å². The number of methoxy groups -OCH3 is 3. The smallest absolute Gasteiger partial charge is 0.319 e. The fourth-order valence-electron chi connectivity index (χ4n) is 2.69. The topological polar surface area (TPSA) is 78.1 Å². The first-order chi connectivity index (χ1) is 13.5. The lowest BCUT2D eigenvalue weighted by atomic mass is 10.1. The van der Waals surface area contributed by atoms with Gasteiger partial charge in [0.25, 0.3) is 0 Å². The standard InChI is InChI=1S/C21H28N2O5/c1-14(2)28-17-9-7-6-8-16(17)23-21(24)22-11-10-15-12-18(25-3)20(27-5)19(13-15)26-4/h6-9,12-14H,10-11H2,1-5H3,(H2,22,23,24). The largest absolute Gasteiger partial charge is 0.493 e. The Bertz CT molecular complexity index is 767. The van der Waals surface area contributed by atoms with Crippen molar-refractivity contribution in [2.24, 2.45) is 0 Å². The van der Waals surface area contributed by atoms with Crippen LogP contribution in [0.15, 0.2) is 36.4 Å². The Morgan fingerprint density at radius 2 is 1.61 bits per heavy atom. The molecular formula is C21H28N2O5. The second kappa shape index (κ2) is 10.3. The van der Waals surface area contributed by atoms with E-state index in [0.29, 0.717) is 41.7 Å². The number of benzene rings is 2. The minimum Gasteiger partial charge on any atom is -0.493 e. The van der Waals surface area contributed by atoms with Crippen LogP contribution in [0.2, 0.25) is 0 Å². The van der Waals surface area contributed by atoms with Crippen molar-refractivity contribution in [3.8, 4) is 23.0 Å². The highest BCUT2D eigenvalue weighted by Crippen LogP contribution is 2.38. The maximum atomic E-state index is 12.2. The molecule has 0 fully saturated rings. The summed E-state index contributed by atoms with van der Waals surface area (Å²) in [5.74, 6) is 2.35. The third kappa shape index (κ3) is 5.70. The van der Waals surface area contributed by atoms with Crippen LogP contribution in [0.5, 0.6) is 23.0 Å². The van der Waals surface area contributed by atoms with Gasteiger partial charge in [-0.15, -0.1) is 0 Å². The number of anilines is 1. The first-order valence-electron chi connectivity index (χ1n) is 9.07. The van der Waals surface area contributed by atoms with Crippen LogP contribution in [0.25, 0.3) is 0 Å². The molecule has 7 nitrogen and oxygen atoms in total. The van der Waals surface area contributed by atoms with E-state index in [-0.39, 0.29) is 12.1 Å². The van der Waals surface area contributed by atoms with Crippen LogP contribution >= 0.6 is 0 Å². The molecule has 152 valence electrons. The van der Waals surface area contributed by atoms with Crippen LogP contribution in [0.3, 0.4) is 0 Å². The Morgan fingerprint density at radius 1 is 0.964 bits per heavy atom. The lowest BCUT2D eigenvalue weighted by Gasteiger charge is -2.16. The molecule has 2 rings (SSSR count). The third-order valence-electron chi connectivity index (χ3n) is 3.92. The summed E-state index contributed by atoms with van der Waals surface area (Å²) in [6.07, 6.45) is 0.625. The molecular weight excluding hydrogens is 360 g/mol. The highest BCUT2D eigenvalue weighted by Gasteiger charge is 2.13. The second-order valence-electron chi connectivity index (χ2n) is 6.33. The maximum absolute atomic E-state index is 12.2. The Hall–Kier alpha value is -3.09. The normalized spacial score (nSPS) is 10.4. The van der Waals surface area contributed by atoms with Crippen molar-refractivity contribution in [2.45, 2.75) is 26.4 Å². The number of hydrogen-bond donors (Lipinski definition) is 2. The number of carbonyl (C=O) groups is 1. The van der Waals surface area contributed by atoms with Crippen LogP contribution in [-0.4, -0.2) is 40.0 Å². The molecule has 0 aliphatic carbocycles. The van der Waals surface area contributed by atoms with Gasteiger partial charge in [0.05, 0.1) is 33.1 Å². The molecule has 0 saturated carbocycles. The van der Waals surface area contributed by atoms with Crippen molar-refractivity contribution in [1.82, 2.24) is 5.32 Å². The molecule has 0 bridgehead atoms. The average molecular weight is 388 g/mol. The van der Waals surface area contributed by atoms with E-state index in [1.807, 2.05) is 44.2 Å². The minimum atomic E-state index is -0.299. The van der Waals surface area contributed by atoms with Gasteiger partial charge in [0.1, 0.15) is 5.75 Å². The number of urea groups is 1. The van der Waals surface area contributed by atoms with Gasteiger partial charge in [-0.2, -0.15) is 0 Å². The number of ether oxygens (including phenoxy) is 4. The van der Waals surface area contributed by atoms with Crippen LogP contribution < -0.4 is 29.6 Å². The summed E-state index contributed by atoms with van der Waals surface area (Å²) in [7, 11) is 4.71. The molecule has 0 spiro atoms. The summed E-state index contributed by atoms with van der Waals surface area (Å²) >= 11 is 0. The first kappa shape index (κ1) is 21.2. The number of carbonyl (C=O) groups excluding carboxylic acids is 1. The van der Waals surface area contributed by atoms with E-state index in [4.69, 9.17) is 18.9 Å². The van der Waals surface area contributed by atoms with Gasteiger partial charge in [0, 0.05) is 6.54 Å². The van der Waals surface area contributed by atoms with E-state index in [1.165, 1.54) is 0 Å². The molecule has 0 saturated heterocycles. The first-order valence-corrected chi connectivity index (χ1v) is 9.07. The van der Waals surface area contributed by atoms with Gasteiger partial charge in [0.15, 0.2) is 11.5 Å². The molecule has 0 radical (unpaired) electrons. The predicted octanol–water partition coefficient (Wildman–Crippen LogP) is 3.86. The van der Waals surface area contributed by atoms with Crippen molar-refractivity contribution < 1.29 is 23.7 Å². The van der Waals surface area contributed by atoms with E-state index < -0.39 is 0 Å². The van der Waals surface area contributed by atoms with Gasteiger partial charge in [-0.1, -0.05) is 12.1 Å². The van der Waals surface area contributed by atoms with Crippen molar-refractivity contribution in [1.29, 1.82) is 0 Å². The number of hydrogen-bond acceptors (Lipinski definition) is 5. The molecule has 0 unspecified atom stereocenters. The van der Waals surface area contributed by atoms with Gasteiger partial charge >= 0.3 is 6.03 Å². The molecule has 2 amide bonds. The molecule has 2 aromatic carbocycles. The highest BCUT2D eigenvalue weighted by atomic mass is 16.5. The summed E-state index contributed by atoms with van der Waals surface area (Å²) in [6.45, 7) is 4.32. The third-order valence-corrected chi connectivity index (χ3v) is 3.92. The van der Waals surface area contributed by atoms with Crippen LogP contribution in [0, 0.1) is 0 Å². The maximum Gasteiger partial charge on any atom is 0.319 e. The Morgan fingerprint density at radius 3 is 2.18 bits per heavy atom. The Balaban J connectivity index is 1.96. The van der Waals surface area contributed by atoms with E-state index >= 15 is 0 Å². The molecule has 0 aromatic heterocycles. The number of nitrogens with one attached hydrogen (secondary N) is 2. The molecule has 2 N–H and O–H groups in total. The van der Waals surface area contributed by atoms with Gasteiger partial charge in [0.2, 0.25) is 5.75 Å². The molecule has 0 aliphatic rings. The fourth-order valence-corrected chi connectivity index (χ4v) is 2.69. The van der Waals surface area contributed by atoms with Crippen molar-refractivity contribution >= 4 is 11.7 Å². The SMILES string of the molecule is COc1cc(CCNC(=O)Nc2ccccc2OC(C)C)cc(OC)c1OC. The van der Waals surface area contributed by atoms with E-state index in [0.717, 1.165) is 5.56 Å². The van der Waals surface area contributed by atoms with Gasteiger partial charge in [-0.05, 0) is 50.1 Å². The summed E-state index contributed by atoms with van der Waals surface area (Å²) in [5, 5.41) is 5.67. The van der Waals surface area contributed by atoms with Crippen molar-refractivity contribution in [3.05, 3.63) is 42.0 Å². The number of rotatable bonds is 9. The molecule has 0 atom stereocenters. The predicted molar refractivity (Wildman–Crippen MR) is 109 cm³/mol. The van der Waals surface area contributed by atoms with Gasteiger partial charge in [-0.3, -0.25) is 0 Å². The monoisotopic (exact) mass is 388 g/mol. The summed E-state index contributed by atoms with van der Waals surface area (Å²) in [4.78, 5) is 12.2. The van der Waals surface area contributed by atoms with E-state index in [1.54, 1.807) is 27.4 Å². The summed E-state index contributed by atoms with van der Waals surface area (Å²) < 4.78 is 21.7. The zero-order valence-electron chi connectivity index (χ0n) is 17.0. The molecule has 0 aliphatic heterocycles. The number of amides is 2. The zero-order valence-corrected chi connectivity index (χ0v) is 17.0. The molecule has 7 heteroatoms. The zero-order chi connectivity index (χ0) is 20.5. The lowest BCUT2D eigenvalue weighted by molar-refractivity contribution is 0.241. The van der Waals surface area contributed by atoms with Gasteiger partial charge < -0.3 is 29.6 Å². The van der Waals surface area contributed by atoms with Crippen molar-refractivity contribution in [2.75, 3.05) is 33.2 Å². The van der Waals surface area contributed by atoms with E-state index in [2.05, 4.69) is 10.6 Å². The van der Waals surface area contributed by atoms with Crippen molar-refractivity contribution in [3.63, 3.8) is 0 Å². The van der Waals surface area contributed by atoms with Crippen LogP contribution in [0.1, 0.15) is 19.4 Å². The Kier molecular flexibility index (Phi) is 7.80. The molecule has 0 heterocycles. The molecule has 2 aromatic rings. The van der Waals surface area contributed by atoms with Crippen LogP contribution in [-0.2, 0) is 6.42 Å². The van der Waals surface area contributed by atoms with Gasteiger partial charge in [-0.25, -0.2) is 4.79 Å². The fraction of sp³-hybridized carbons (Fsp3) is 0.381. The minimum absolute atomic E-state index is 0.0195. The second-order valence-corrected chi connectivity index (χ2v) is 6.33. The van der Waals surface area contributed by atoms with E-state index in [9.17, 15) is 4.79 Å². The summed E-state index contributed by atoms with van der Waals surface area (Å²) in [6, 6.07) is 10.8. The quantitative estimate of drug-likeness (QED) is 0.682.